The Labute approximate surface area is 106 Å². The quantitative estimate of drug-likeness (QED) is 0.812. The molecule has 2 fully saturated rings. The van der Waals surface area contributed by atoms with Crippen molar-refractivity contribution in [1.82, 2.24) is 5.32 Å². The van der Waals surface area contributed by atoms with Crippen molar-refractivity contribution in [2.24, 2.45) is 5.73 Å². The zero-order chi connectivity index (χ0) is 12.6. The summed E-state index contributed by atoms with van der Waals surface area (Å²) in [5, 5.41) is 3.25. The number of benzene rings is 1. The molecule has 1 spiro atoms. The van der Waals surface area contributed by atoms with Crippen molar-refractivity contribution in [3.05, 3.63) is 29.8 Å². The van der Waals surface area contributed by atoms with Crippen LogP contribution >= 0.6 is 0 Å². The number of carbonyl (C=O) groups is 1. The number of amides is 1. The van der Waals surface area contributed by atoms with Crippen molar-refractivity contribution in [2.45, 2.75) is 18.6 Å². The fraction of sp³-hybridized carbons (Fsp3) is 0.462. The van der Waals surface area contributed by atoms with Crippen LogP contribution in [-0.4, -0.2) is 31.3 Å². The third kappa shape index (κ3) is 1.76. The molecular weight excluding hydrogens is 230 g/mol. The molecule has 2 saturated heterocycles. The molecule has 1 aromatic carbocycles. The fourth-order valence-corrected chi connectivity index (χ4v) is 2.70. The predicted octanol–water partition coefficient (Wildman–Crippen LogP) is 0.834. The number of hydrogen-bond donors (Lipinski definition) is 2. The van der Waals surface area contributed by atoms with Crippen LogP contribution in [0.25, 0.3) is 0 Å². The molecule has 1 aromatic rings. The van der Waals surface area contributed by atoms with Crippen molar-refractivity contribution in [1.29, 1.82) is 0 Å². The van der Waals surface area contributed by atoms with E-state index in [0.29, 0.717) is 13.1 Å². The molecule has 0 saturated carbocycles. The molecule has 2 aliphatic rings. The summed E-state index contributed by atoms with van der Waals surface area (Å²) in [5.74, 6) is 0. The normalized spacial score (nSPS) is 26.9. The van der Waals surface area contributed by atoms with Crippen molar-refractivity contribution in [3.63, 3.8) is 0 Å². The molecule has 1 unspecified atom stereocenters. The van der Waals surface area contributed by atoms with E-state index >= 15 is 0 Å². The number of hydrogen-bond acceptors (Lipinski definition) is 4. The number of anilines is 1. The number of nitrogens with two attached hydrogens (primary N) is 1. The van der Waals surface area contributed by atoms with Gasteiger partial charge in [0, 0.05) is 19.5 Å². The Morgan fingerprint density at radius 1 is 1.44 bits per heavy atom. The molecule has 1 amide bonds. The highest BCUT2D eigenvalue weighted by atomic mass is 16.6. The van der Waals surface area contributed by atoms with Gasteiger partial charge in [0.25, 0.3) is 0 Å². The molecule has 96 valence electrons. The fourth-order valence-electron chi connectivity index (χ4n) is 2.70. The Balaban J connectivity index is 1.91. The molecule has 0 aromatic heterocycles. The van der Waals surface area contributed by atoms with E-state index in [1.54, 1.807) is 4.90 Å². The van der Waals surface area contributed by atoms with Crippen LogP contribution in [0, 0.1) is 0 Å². The Kier molecular flexibility index (Phi) is 2.72. The standard InChI is InChI=1S/C13H17N3O2/c14-7-10-3-1-2-4-11(10)16-9-13(18-12(16)17)5-6-15-8-13/h1-4,15H,5-9,14H2. The molecule has 3 rings (SSSR count). The summed E-state index contributed by atoms with van der Waals surface area (Å²) in [6, 6.07) is 7.71. The van der Waals surface area contributed by atoms with Crippen LogP contribution in [0.15, 0.2) is 24.3 Å². The average molecular weight is 247 g/mol. The summed E-state index contributed by atoms with van der Waals surface area (Å²) in [4.78, 5) is 13.7. The Morgan fingerprint density at radius 2 is 2.28 bits per heavy atom. The summed E-state index contributed by atoms with van der Waals surface area (Å²) in [6.45, 7) is 2.67. The van der Waals surface area contributed by atoms with Crippen molar-refractivity contribution in [3.8, 4) is 0 Å². The van der Waals surface area contributed by atoms with E-state index in [2.05, 4.69) is 5.32 Å². The summed E-state index contributed by atoms with van der Waals surface area (Å²) in [7, 11) is 0. The molecule has 5 nitrogen and oxygen atoms in total. The van der Waals surface area contributed by atoms with E-state index < -0.39 is 0 Å². The predicted molar refractivity (Wildman–Crippen MR) is 68.4 cm³/mol. The first-order valence-electron chi connectivity index (χ1n) is 6.23. The van der Waals surface area contributed by atoms with Gasteiger partial charge in [-0.2, -0.15) is 0 Å². The maximum Gasteiger partial charge on any atom is 0.415 e. The number of para-hydroxylation sites is 1. The lowest BCUT2D eigenvalue weighted by atomic mass is 10.0. The van der Waals surface area contributed by atoms with E-state index in [-0.39, 0.29) is 11.7 Å². The lowest BCUT2D eigenvalue weighted by Gasteiger charge is -2.20. The lowest BCUT2D eigenvalue weighted by molar-refractivity contribution is 0.0733. The molecule has 0 aliphatic carbocycles. The Hall–Kier alpha value is -1.59. The highest BCUT2D eigenvalue weighted by molar-refractivity contribution is 5.91. The number of carbonyl (C=O) groups excluding carboxylic acids is 1. The second-order valence-electron chi connectivity index (χ2n) is 4.90. The topological polar surface area (TPSA) is 67.6 Å². The highest BCUT2D eigenvalue weighted by Crippen LogP contribution is 2.33. The second-order valence-corrected chi connectivity index (χ2v) is 4.90. The monoisotopic (exact) mass is 247 g/mol. The van der Waals surface area contributed by atoms with E-state index in [9.17, 15) is 4.79 Å². The van der Waals surface area contributed by atoms with E-state index in [1.807, 2.05) is 24.3 Å². The first kappa shape index (κ1) is 11.5. The van der Waals surface area contributed by atoms with Crippen molar-refractivity contribution < 1.29 is 9.53 Å². The smallest absolute Gasteiger partial charge is 0.415 e. The summed E-state index contributed by atoms with van der Waals surface area (Å²) >= 11 is 0. The van der Waals surface area contributed by atoms with Gasteiger partial charge in [0.1, 0.15) is 5.60 Å². The van der Waals surface area contributed by atoms with Crippen molar-refractivity contribution in [2.75, 3.05) is 24.5 Å². The number of ether oxygens (including phenoxy) is 1. The molecule has 0 bridgehead atoms. The zero-order valence-electron chi connectivity index (χ0n) is 10.2. The van der Waals surface area contributed by atoms with Crippen LogP contribution in [0.5, 0.6) is 0 Å². The molecule has 0 radical (unpaired) electrons. The van der Waals surface area contributed by atoms with Crippen LogP contribution < -0.4 is 16.0 Å². The molecule has 5 heteroatoms. The number of nitrogens with one attached hydrogen (secondary N) is 1. The third-order valence-corrected chi connectivity index (χ3v) is 3.68. The summed E-state index contributed by atoms with van der Waals surface area (Å²) < 4.78 is 5.56. The molecule has 2 aliphatic heterocycles. The van der Waals surface area contributed by atoms with Gasteiger partial charge in [0.2, 0.25) is 0 Å². The van der Waals surface area contributed by atoms with Gasteiger partial charge in [0.15, 0.2) is 0 Å². The van der Waals surface area contributed by atoms with Crippen LogP contribution in [0.1, 0.15) is 12.0 Å². The number of nitrogens with zero attached hydrogens (tertiary/aromatic N) is 1. The first-order valence-corrected chi connectivity index (χ1v) is 6.23. The lowest BCUT2D eigenvalue weighted by Crippen LogP contribution is -2.36. The largest absolute Gasteiger partial charge is 0.439 e. The third-order valence-electron chi connectivity index (χ3n) is 3.68. The molecule has 2 heterocycles. The number of rotatable bonds is 2. The van der Waals surface area contributed by atoms with Crippen LogP contribution in [0.3, 0.4) is 0 Å². The minimum Gasteiger partial charge on any atom is -0.439 e. The second kappa shape index (κ2) is 4.26. The van der Waals surface area contributed by atoms with Crippen LogP contribution in [0.4, 0.5) is 10.5 Å². The maximum absolute atomic E-state index is 12.0. The Morgan fingerprint density at radius 3 is 3.00 bits per heavy atom. The molecule has 1 atom stereocenters. The summed E-state index contributed by atoms with van der Waals surface area (Å²) in [5.41, 5.74) is 7.21. The SMILES string of the molecule is NCc1ccccc1N1CC2(CCNC2)OC1=O. The van der Waals surface area contributed by atoms with Gasteiger partial charge >= 0.3 is 6.09 Å². The maximum atomic E-state index is 12.0. The van der Waals surface area contributed by atoms with Gasteiger partial charge < -0.3 is 15.8 Å². The van der Waals surface area contributed by atoms with Crippen LogP contribution in [0.2, 0.25) is 0 Å². The Bertz CT molecular complexity index is 469. The van der Waals surface area contributed by atoms with E-state index in [1.165, 1.54) is 0 Å². The molecule has 3 N–H and O–H groups in total. The molecular formula is C13H17N3O2. The average Bonchev–Trinajstić information content (AvgIpc) is 2.97. The van der Waals surface area contributed by atoms with Gasteiger partial charge in [-0.15, -0.1) is 0 Å². The van der Waals surface area contributed by atoms with E-state index in [4.69, 9.17) is 10.5 Å². The van der Waals surface area contributed by atoms with Gasteiger partial charge in [-0.05, 0) is 18.2 Å². The van der Waals surface area contributed by atoms with E-state index in [0.717, 1.165) is 30.8 Å². The first-order chi connectivity index (χ1) is 8.74. The van der Waals surface area contributed by atoms with Crippen molar-refractivity contribution >= 4 is 11.8 Å². The van der Waals surface area contributed by atoms with Gasteiger partial charge in [0.05, 0.1) is 12.2 Å². The van der Waals surface area contributed by atoms with Crippen LogP contribution in [-0.2, 0) is 11.3 Å². The zero-order valence-corrected chi connectivity index (χ0v) is 10.2. The summed E-state index contributed by atoms with van der Waals surface area (Å²) in [6.07, 6.45) is 0.611. The van der Waals surface area contributed by atoms with Gasteiger partial charge in [-0.3, -0.25) is 4.90 Å². The van der Waals surface area contributed by atoms with Gasteiger partial charge in [-0.1, -0.05) is 18.2 Å². The molecule has 18 heavy (non-hydrogen) atoms. The van der Waals surface area contributed by atoms with Gasteiger partial charge in [-0.25, -0.2) is 4.79 Å². The highest BCUT2D eigenvalue weighted by Gasteiger charge is 2.47. The minimum atomic E-state index is -0.348. The minimum absolute atomic E-state index is 0.264.